The number of hydrogen-bond donors (Lipinski definition) is 0. The third-order valence-electron chi connectivity index (χ3n) is 3.35. The van der Waals surface area contributed by atoms with E-state index in [0.717, 1.165) is 28.5 Å². The average Bonchev–Trinajstić information content (AvgIpc) is 2.90. The summed E-state index contributed by atoms with van der Waals surface area (Å²) in [7, 11) is 0. The van der Waals surface area contributed by atoms with Crippen LogP contribution in [-0.4, -0.2) is 9.55 Å². The maximum atomic E-state index is 6.34. The van der Waals surface area contributed by atoms with Crippen LogP contribution in [0.4, 0.5) is 0 Å². The van der Waals surface area contributed by atoms with E-state index in [1.807, 2.05) is 25.4 Å². The molecule has 0 radical (unpaired) electrons. The van der Waals surface area contributed by atoms with Gasteiger partial charge in [0, 0.05) is 26.5 Å². The molecule has 0 aliphatic carbocycles. The van der Waals surface area contributed by atoms with E-state index in [2.05, 4.69) is 68.5 Å². The molecule has 3 aromatic rings. The molecule has 3 rings (SSSR count). The van der Waals surface area contributed by atoms with Gasteiger partial charge in [-0.05, 0) is 58.8 Å². The van der Waals surface area contributed by atoms with Crippen LogP contribution in [0.1, 0.15) is 11.1 Å². The molecule has 2 aromatic carbocycles. The Hall–Kier alpha value is -1.33. The summed E-state index contributed by atoms with van der Waals surface area (Å²) in [5.41, 5.74) is 3.40. The Balaban J connectivity index is 1.96. The van der Waals surface area contributed by atoms with Crippen LogP contribution in [0, 0.1) is 10.5 Å². The summed E-state index contributed by atoms with van der Waals surface area (Å²) in [5.74, 6) is 0.963. The standard InChI is InChI=1S/C17H14ClIN2/c1-12-5-6-14(16(18)9-12)11-21-8-7-20-17(21)13-3-2-4-15(19)10-13/h2-10H,11H2,1H3. The minimum atomic E-state index is 0.722. The van der Waals surface area contributed by atoms with E-state index in [1.54, 1.807) is 0 Å². The summed E-state index contributed by atoms with van der Waals surface area (Å²) in [5, 5.41) is 0.803. The summed E-state index contributed by atoms with van der Waals surface area (Å²) in [6, 6.07) is 14.5. The molecule has 0 saturated heterocycles. The van der Waals surface area contributed by atoms with Gasteiger partial charge in [0.15, 0.2) is 0 Å². The first-order chi connectivity index (χ1) is 10.1. The highest BCUT2D eigenvalue weighted by Crippen LogP contribution is 2.23. The van der Waals surface area contributed by atoms with Gasteiger partial charge in [0.2, 0.25) is 0 Å². The molecular formula is C17H14ClIN2. The Morgan fingerprint density at radius 1 is 1.19 bits per heavy atom. The lowest BCUT2D eigenvalue weighted by molar-refractivity contribution is 0.807. The summed E-state index contributed by atoms with van der Waals surface area (Å²) in [4.78, 5) is 4.49. The van der Waals surface area contributed by atoms with Crippen molar-refractivity contribution in [3.8, 4) is 11.4 Å². The van der Waals surface area contributed by atoms with Crippen LogP contribution in [0.3, 0.4) is 0 Å². The molecule has 0 spiro atoms. The van der Waals surface area contributed by atoms with Crippen LogP contribution in [0.5, 0.6) is 0 Å². The summed E-state index contributed by atoms with van der Waals surface area (Å²) in [6.07, 6.45) is 3.82. The van der Waals surface area contributed by atoms with E-state index < -0.39 is 0 Å². The highest BCUT2D eigenvalue weighted by atomic mass is 127. The fourth-order valence-electron chi connectivity index (χ4n) is 2.29. The third-order valence-corrected chi connectivity index (χ3v) is 4.37. The van der Waals surface area contributed by atoms with E-state index >= 15 is 0 Å². The normalized spacial score (nSPS) is 10.8. The molecule has 0 amide bonds. The number of nitrogens with zero attached hydrogens (tertiary/aromatic N) is 2. The number of aromatic nitrogens is 2. The molecule has 4 heteroatoms. The van der Waals surface area contributed by atoms with Gasteiger partial charge in [-0.3, -0.25) is 0 Å². The second-order valence-electron chi connectivity index (χ2n) is 4.98. The van der Waals surface area contributed by atoms with Gasteiger partial charge in [-0.25, -0.2) is 4.98 Å². The number of hydrogen-bond acceptors (Lipinski definition) is 1. The predicted octanol–water partition coefficient (Wildman–Crippen LogP) is 5.16. The minimum Gasteiger partial charge on any atom is -0.327 e. The summed E-state index contributed by atoms with van der Waals surface area (Å²) >= 11 is 8.65. The zero-order valence-corrected chi connectivity index (χ0v) is 14.5. The van der Waals surface area contributed by atoms with E-state index in [1.165, 1.54) is 9.13 Å². The Kier molecular flexibility index (Phi) is 4.31. The largest absolute Gasteiger partial charge is 0.327 e. The Bertz CT molecular complexity index is 780. The molecular weight excluding hydrogens is 395 g/mol. The van der Waals surface area contributed by atoms with E-state index in [0.29, 0.717) is 0 Å². The zero-order valence-electron chi connectivity index (χ0n) is 11.6. The molecule has 1 heterocycles. The molecule has 0 atom stereocenters. The molecule has 0 saturated carbocycles. The second kappa shape index (κ2) is 6.20. The zero-order chi connectivity index (χ0) is 14.8. The van der Waals surface area contributed by atoms with Crippen molar-refractivity contribution in [2.24, 2.45) is 0 Å². The Labute approximate surface area is 142 Å². The number of aryl methyl sites for hydroxylation is 1. The topological polar surface area (TPSA) is 17.8 Å². The van der Waals surface area contributed by atoms with Crippen molar-refractivity contribution in [3.63, 3.8) is 0 Å². The first kappa shape index (κ1) is 14.6. The number of rotatable bonds is 3. The first-order valence-electron chi connectivity index (χ1n) is 6.65. The van der Waals surface area contributed by atoms with E-state index in [-0.39, 0.29) is 0 Å². The van der Waals surface area contributed by atoms with Crippen molar-refractivity contribution < 1.29 is 0 Å². The molecule has 2 nitrogen and oxygen atoms in total. The van der Waals surface area contributed by atoms with Gasteiger partial charge in [0.25, 0.3) is 0 Å². The van der Waals surface area contributed by atoms with Gasteiger partial charge in [-0.1, -0.05) is 35.9 Å². The van der Waals surface area contributed by atoms with Gasteiger partial charge >= 0.3 is 0 Å². The van der Waals surface area contributed by atoms with Gasteiger partial charge < -0.3 is 4.57 Å². The molecule has 0 N–H and O–H groups in total. The van der Waals surface area contributed by atoms with Crippen LogP contribution >= 0.6 is 34.2 Å². The fourth-order valence-corrected chi connectivity index (χ4v) is 3.13. The van der Waals surface area contributed by atoms with Gasteiger partial charge in [0.05, 0.1) is 6.54 Å². The number of benzene rings is 2. The molecule has 0 fully saturated rings. The highest BCUT2D eigenvalue weighted by Gasteiger charge is 2.08. The molecule has 0 aliphatic rings. The van der Waals surface area contributed by atoms with Crippen LogP contribution < -0.4 is 0 Å². The highest BCUT2D eigenvalue weighted by molar-refractivity contribution is 14.1. The summed E-state index contributed by atoms with van der Waals surface area (Å²) in [6.45, 7) is 2.77. The summed E-state index contributed by atoms with van der Waals surface area (Å²) < 4.78 is 3.33. The van der Waals surface area contributed by atoms with Gasteiger partial charge in [0.1, 0.15) is 5.82 Å². The van der Waals surface area contributed by atoms with Crippen molar-refractivity contribution in [3.05, 3.63) is 74.6 Å². The molecule has 0 bridgehead atoms. The monoisotopic (exact) mass is 408 g/mol. The maximum Gasteiger partial charge on any atom is 0.140 e. The van der Waals surface area contributed by atoms with Gasteiger partial charge in [-0.15, -0.1) is 0 Å². The van der Waals surface area contributed by atoms with E-state index in [4.69, 9.17) is 11.6 Å². The average molecular weight is 409 g/mol. The Morgan fingerprint density at radius 3 is 2.81 bits per heavy atom. The molecule has 0 unspecified atom stereocenters. The van der Waals surface area contributed by atoms with Crippen LogP contribution in [0.15, 0.2) is 54.9 Å². The van der Waals surface area contributed by atoms with Crippen molar-refractivity contribution in [1.82, 2.24) is 9.55 Å². The van der Waals surface area contributed by atoms with Crippen molar-refractivity contribution in [2.45, 2.75) is 13.5 Å². The smallest absolute Gasteiger partial charge is 0.140 e. The molecule has 21 heavy (non-hydrogen) atoms. The minimum absolute atomic E-state index is 0.722. The third kappa shape index (κ3) is 3.30. The Morgan fingerprint density at radius 2 is 2.05 bits per heavy atom. The number of imidazole rings is 1. The maximum absolute atomic E-state index is 6.34. The lowest BCUT2D eigenvalue weighted by atomic mass is 10.1. The van der Waals surface area contributed by atoms with Crippen molar-refractivity contribution in [2.75, 3.05) is 0 Å². The molecule has 0 aliphatic heterocycles. The predicted molar refractivity (Wildman–Crippen MR) is 95.7 cm³/mol. The first-order valence-corrected chi connectivity index (χ1v) is 8.11. The van der Waals surface area contributed by atoms with Crippen molar-refractivity contribution in [1.29, 1.82) is 0 Å². The molecule has 106 valence electrons. The lowest BCUT2D eigenvalue weighted by Crippen LogP contribution is -2.02. The lowest BCUT2D eigenvalue weighted by Gasteiger charge is -2.10. The number of halogens is 2. The van der Waals surface area contributed by atoms with E-state index in [9.17, 15) is 0 Å². The fraction of sp³-hybridized carbons (Fsp3) is 0.118. The van der Waals surface area contributed by atoms with Crippen LogP contribution in [0.25, 0.3) is 11.4 Å². The van der Waals surface area contributed by atoms with Crippen LogP contribution in [0.2, 0.25) is 5.02 Å². The van der Waals surface area contributed by atoms with Crippen LogP contribution in [-0.2, 0) is 6.54 Å². The van der Waals surface area contributed by atoms with Crippen molar-refractivity contribution >= 4 is 34.2 Å². The quantitative estimate of drug-likeness (QED) is 0.547. The SMILES string of the molecule is Cc1ccc(Cn2ccnc2-c2cccc(I)c2)c(Cl)c1. The van der Waals surface area contributed by atoms with Gasteiger partial charge in [-0.2, -0.15) is 0 Å². The molecule has 1 aromatic heterocycles. The second-order valence-corrected chi connectivity index (χ2v) is 6.64.